The van der Waals surface area contributed by atoms with Crippen molar-refractivity contribution in [2.45, 2.75) is 13.8 Å². The second-order valence-electron chi connectivity index (χ2n) is 3.94. The smallest absolute Gasteiger partial charge is 0.258 e. The lowest BCUT2D eigenvalue weighted by Gasteiger charge is -2.09. The van der Waals surface area contributed by atoms with Crippen LogP contribution < -0.4 is 10.1 Å². The fraction of sp³-hybridized carbons (Fsp3) is 0.214. The molecule has 2 aromatic rings. The van der Waals surface area contributed by atoms with Crippen LogP contribution in [-0.2, 0) is 0 Å². The van der Waals surface area contributed by atoms with Gasteiger partial charge in [-0.1, -0.05) is 0 Å². The molecule has 0 aliphatic heterocycles. The predicted molar refractivity (Wildman–Crippen MR) is 72.3 cm³/mol. The first-order chi connectivity index (χ1) is 9.20. The molecule has 0 aliphatic carbocycles. The van der Waals surface area contributed by atoms with E-state index in [-0.39, 0.29) is 5.91 Å². The van der Waals surface area contributed by atoms with E-state index in [0.29, 0.717) is 18.1 Å². The molecule has 1 heterocycles. The summed E-state index contributed by atoms with van der Waals surface area (Å²) in [5, 5.41) is 2.63. The predicted octanol–water partition coefficient (Wildman–Crippen LogP) is 2.44. The number of hydrogen-bond acceptors (Lipinski definition) is 4. The fourth-order valence-corrected chi connectivity index (χ4v) is 1.65. The van der Waals surface area contributed by atoms with Crippen LogP contribution in [-0.4, -0.2) is 22.5 Å². The average Bonchev–Trinajstić information content (AvgIpc) is 2.42. The van der Waals surface area contributed by atoms with Gasteiger partial charge in [-0.3, -0.25) is 10.1 Å². The number of nitrogens with one attached hydrogen (secondary N) is 1. The van der Waals surface area contributed by atoms with Gasteiger partial charge in [-0.05, 0) is 43.7 Å². The van der Waals surface area contributed by atoms with Gasteiger partial charge in [0.25, 0.3) is 5.91 Å². The van der Waals surface area contributed by atoms with Gasteiger partial charge in [0.2, 0.25) is 5.95 Å². The molecule has 0 unspecified atom stereocenters. The SMILES string of the molecule is CCOc1ccc(C(=O)Nc2ncccn2)cc1C. The molecule has 1 aromatic heterocycles. The minimum Gasteiger partial charge on any atom is -0.494 e. The monoisotopic (exact) mass is 257 g/mol. The van der Waals surface area contributed by atoms with Gasteiger partial charge in [-0.25, -0.2) is 9.97 Å². The van der Waals surface area contributed by atoms with E-state index < -0.39 is 0 Å². The minimum atomic E-state index is -0.239. The Labute approximate surface area is 111 Å². The third-order valence-corrected chi connectivity index (χ3v) is 2.53. The lowest BCUT2D eigenvalue weighted by Crippen LogP contribution is -2.14. The van der Waals surface area contributed by atoms with E-state index >= 15 is 0 Å². The molecular weight excluding hydrogens is 242 g/mol. The summed E-state index contributed by atoms with van der Waals surface area (Å²) in [6, 6.07) is 6.98. The standard InChI is InChI=1S/C14H15N3O2/c1-3-19-12-6-5-11(9-10(12)2)13(18)17-14-15-7-4-8-16-14/h4-9H,3H2,1-2H3,(H,15,16,17,18). The molecule has 1 N–H and O–H groups in total. The van der Waals surface area contributed by atoms with E-state index in [4.69, 9.17) is 4.74 Å². The molecule has 0 aliphatic rings. The first-order valence-corrected chi connectivity index (χ1v) is 6.02. The van der Waals surface area contributed by atoms with Crippen molar-refractivity contribution < 1.29 is 9.53 Å². The Bertz CT molecular complexity index is 570. The molecular formula is C14H15N3O2. The Morgan fingerprint density at radius 1 is 1.32 bits per heavy atom. The molecule has 0 saturated heterocycles. The van der Waals surface area contributed by atoms with Crippen molar-refractivity contribution in [3.8, 4) is 5.75 Å². The van der Waals surface area contributed by atoms with Crippen molar-refractivity contribution in [1.29, 1.82) is 0 Å². The number of carbonyl (C=O) groups excluding carboxylic acids is 1. The normalized spacial score (nSPS) is 10.0. The summed E-state index contributed by atoms with van der Waals surface area (Å²) >= 11 is 0. The number of carbonyl (C=O) groups is 1. The van der Waals surface area contributed by atoms with Gasteiger partial charge in [0.05, 0.1) is 6.61 Å². The molecule has 1 amide bonds. The summed E-state index contributed by atoms with van der Waals surface area (Å²) in [5.74, 6) is 0.839. The van der Waals surface area contributed by atoms with Crippen LogP contribution in [0.4, 0.5) is 5.95 Å². The second-order valence-corrected chi connectivity index (χ2v) is 3.94. The maximum absolute atomic E-state index is 12.0. The fourth-order valence-electron chi connectivity index (χ4n) is 1.65. The summed E-state index contributed by atoms with van der Waals surface area (Å²) in [7, 11) is 0. The van der Waals surface area contributed by atoms with Gasteiger partial charge in [0.1, 0.15) is 5.75 Å². The van der Waals surface area contributed by atoms with Crippen LogP contribution >= 0.6 is 0 Å². The van der Waals surface area contributed by atoms with Crippen LogP contribution in [0.2, 0.25) is 0 Å². The van der Waals surface area contributed by atoms with Crippen molar-refractivity contribution in [2.24, 2.45) is 0 Å². The highest BCUT2D eigenvalue weighted by Gasteiger charge is 2.09. The topological polar surface area (TPSA) is 64.1 Å². The van der Waals surface area contributed by atoms with Gasteiger partial charge in [0.15, 0.2) is 0 Å². The van der Waals surface area contributed by atoms with E-state index in [1.54, 1.807) is 36.7 Å². The quantitative estimate of drug-likeness (QED) is 0.913. The number of aromatic nitrogens is 2. The molecule has 2 rings (SSSR count). The first kappa shape index (κ1) is 13.0. The number of nitrogens with zero attached hydrogens (tertiary/aromatic N) is 2. The molecule has 0 bridgehead atoms. The van der Waals surface area contributed by atoms with Crippen molar-refractivity contribution >= 4 is 11.9 Å². The van der Waals surface area contributed by atoms with Gasteiger partial charge in [-0.2, -0.15) is 0 Å². The first-order valence-electron chi connectivity index (χ1n) is 6.02. The zero-order chi connectivity index (χ0) is 13.7. The zero-order valence-corrected chi connectivity index (χ0v) is 10.9. The Morgan fingerprint density at radius 2 is 2.05 bits per heavy atom. The number of benzene rings is 1. The number of rotatable bonds is 4. The Balaban J connectivity index is 2.14. The molecule has 1 aromatic carbocycles. The van der Waals surface area contributed by atoms with Gasteiger partial charge in [-0.15, -0.1) is 0 Å². The molecule has 0 radical (unpaired) electrons. The van der Waals surface area contributed by atoms with Crippen molar-refractivity contribution in [3.05, 3.63) is 47.8 Å². The van der Waals surface area contributed by atoms with Gasteiger partial charge >= 0.3 is 0 Å². The van der Waals surface area contributed by atoms with Gasteiger partial charge in [0, 0.05) is 18.0 Å². The number of aryl methyl sites for hydroxylation is 1. The summed E-state index contributed by atoms with van der Waals surface area (Å²) in [4.78, 5) is 19.9. The van der Waals surface area contributed by atoms with E-state index in [1.807, 2.05) is 13.8 Å². The zero-order valence-electron chi connectivity index (χ0n) is 10.9. The van der Waals surface area contributed by atoms with Crippen LogP contribution in [0.3, 0.4) is 0 Å². The Kier molecular flexibility index (Phi) is 4.07. The van der Waals surface area contributed by atoms with Crippen LogP contribution in [0.5, 0.6) is 5.75 Å². The number of hydrogen-bond donors (Lipinski definition) is 1. The molecule has 0 fully saturated rings. The Morgan fingerprint density at radius 3 is 2.68 bits per heavy atom. The highest BCUT2D eigenvalue weighted by molar-refractivity contribution is 6.03. The summed E-state index contributed by atoms with van der Waals surface area (Å²) in [6.07, 6.45) is 3.15. The van der Waals surface area contributed by atoms with Crippen molar-refractivity contribution in [1.82, 2.24) is 9.97 Å². The number of amides is 1. The van der Waals surface area contributed by atoms with Crippen LogP contribution in [0.25, 0.3) is 0 Å². The Hall–Kier alpha value is -2.43. The number of anilines is 1. The third-order valence-electron chi connectivity index (χ3n) is 2.53. The number of ether oxygens (including phenoxy) is 1. The lowest BCUT2D eigenvalue weighted by molar-refractivity contribution is 0.102. The summed E-state index contributed by atoms with van der Waals surface area (Å²) < 4.78 is 5.43. The average molecular weight is 257 g/mol. The minimum absolute atomic E-state index is 0.239. The van der Waals surface area contributed by atoms with E-state index in [2.05, 4.69) is 15.3 Å². The van der Waals surface area contributed by atoms with E-state index in [9.17, 15) is 4.79 Å². The molecule has 98 valence electrons. The van der Waals surface area contributed by atoms with Gasteiger partial charge < -0.3 is 4.74 Å². The van der Waals surface area contributed by atoms with Crippen LogP contribution in [0.15, 0.2) is 36.7 Å². The molecule has 0 saturated carbocycles. The second kappa shape index (κ2) is 5.95. The lowest BCUT2D eigenvalue weighted by atomic mass is 10.1. The molecule has 5 heteroatoms. The van der Waals surface area contributed by atoms with Crippen molar-refractivity contribution in [3.63, 3.8) is 0 Å². The van der Waals surface area contributed by atoms with Crippen molar-refractivity contribution in [2.75, 3.05) is 11.9 Å². The maximum Gasteiger partial charge on any atom is 0.258 e. The maximum atomic E-state index is 12.0. The van der Waals surface area contributed by atoms with E-state index in [0.717, 1.165) is 11.3 Å². The molecule has 19 heavy (non-hydrogen) atoms. The molecule has 5 nitrogen and oxygen atoms in total. The largest absolute Gasteiger partial charge is 0.494 e. The third kappa shape index (κ3) is 3.28. The summed E-state index contributed by atoms with van der Waals surface area (Å²) in [6.45, 7) is 4.43. The van der Waals surface area contributed by atoms with E-state index in [1.165, 1.54) is 0 Å². The summed E-state index contributed by atoms with van der Waals surface area (Å²) in [5.41, 5.74) is 1.47. The highest BCUT2D eigenvalue weighted by Crippen LogP contribution is 2.19. The molecule has 0 spiro atoms. The molecule has 0 atom stereocenters. The van der Waals surface area contributed by atoms with Crippen LogP contribution in [0.1, 0.15) is 22.8 Å². The highest BCUT2D eigenvalue weighted by atomic mass is 16.5. The van der Waals surface area contributed by atoms with Crippen LogP contribution in [0, 0.1) is 6.92 Å².